The molecule has 1 aromatic heterocycles. The SMILES string of the molecule is Oc1c(F)cccc1CNc1ccc(-c2nccs2)cc1. The van der Waals surface area contributed by atoms with Crippen LogP contribution in [0.25, 0.3) is 10.6 Å². The number of halogens is 1. The molecule has 0 atom stereocenters. The van der Waals surface area contributed by atoms with E-state index >= 15 is 0 Å². The van der Waals surface area contributed by atoms with Crippen molar-refractivity contribution in [2.24, 2.45) is 0 Å². The summed E-state index contributed by atoms with van der Waals surface area (Å²) in [6.07, 6.45) is 1.78. The molecule has 0 aliphatic rings. The van der Waals surface area contributed by atoms with Crippen LogP contribution in [0.15, 0.2) is 54.0 Å². The number of anilines is 1. The van der Waals surface area contributed by atoms with Gasteiger partial charge in [-0.25, -0.2) is 9.37 Å². The summed E-state index contributed by atoms with van der Waals surface area (Å²) in [7, 11) is 0. The number of aromatic hydroxyl groups is 1. The molecule has 1 heterocycles. The number of aromatic nitrogens is 1. The Bertz CT molecular complexity index is 727. The molecule has 21 heavy (non-hydrogen) atoms. The highest BCUT2D eigenvalue weighted by molar-refractivity contribution is 7.13. The van der Waals surface area contributed by atoms with Crippen LogP contribution in [0, 0.1) is 5.82 Å². The fourth-order valence-electron chi connectivity index (χ4n) is 2.00. The highest BCUT2D eigenvalue weighted by atomic mass is 32.1. The van der Waals surface area contributed by atoms with Gasteiger partial charge >= 0.3 is 0 Å². The first-order valence-electron chi connectivity index (χ1n) is 6.44. The van der Waals surface area contributed by atoms with Gasteiger partial charge in [-0.1, -0.05) is 12.1 Å². The predicted octanol–water partition coefficient (Wildman–Crippen LogP) is 4.27. The van der Waals surface area contributed by atoms with Crippen LogP contribution in [0.2, 0.25) is 0 Å². The smallest absolute Gasteiger partial charge is 0.165 e. The molecule has 2 aromatic carbocycles. The maximum Gasteiger partial charge on any atom is 0.165 e. The van der Waals surface area contributed by atoms with E-state index in [4.69, 9.17) is 0 Å². The van der Waals surface area contributed by atoms with Gasteiger partial charge in [0.15, 0.2) is 11.6 Å². The van der Waals surface area contributed by atoms with E-state index in [1.54, 1.807) is 29.7 Å². The van der Waals surface area contributed by atoms with Crippen molar-refractivity contribution in [3.05, 3.63) is 65.4 Å². The Morgan fingerprint density at radius 2 is 1.95 bits per heavy atom. The number of nitrogens with one attached hydrogen (secondary N) is 1. The monoisotopic (exact) mass is 300 g/mol. The average Bonchev–Trinajstić information content (AvgIpc) is 3.04. The van der Waals surface area contributed by atoms with Gasteiger partial charge in [0.05, 0.1) is 0 Å². The lowest BCUT2D eigenvalue weighted by atomic mass is 10.1. The molecule has 0 aliphatic carbocycles. The summed E-state index contributed by atoms with van der Waals surface area (Å²) in [6, 6.07) is 12.3. The van der Waals surface area contributed by atoms with Gasteiger partial charge in [0.1, 0.15) is 5.01 Å². The van der Waals surface area contributed by atoms with E-state index in [0.29, 0.717) is 12.1 Å². The Morgan fingerprint density at radius 1 is 1.14 bits per heavy atom. The van der Waals surface area contributed by atoms with Gasteiger partial charge in [0.25, 0.3) is 0 Å². The van der Waals surface area contributed by atoms with Crippen LogP contribution in [0.5, 0.6) is 5.75 Å². The van der Waals surface area contributed by atoms with E-state index in [1.807, 2.05) is 29.6 Å². The third kappa shape index (κ3) is 3.03. The summed E-state index contributed by atoms with van der Waals surface area (Å²) in [5.74, 6) is -0.905. The Balaban J connectivity index is 1.70. The Hall–Kier alpha value is -2.40. The van der Waals surface area contributed by atoms with Crippen LogP contribution in [0.3, 0.4) is 0 Å². The number of nitrogens with zero attached hydrogens (tertiary/aromatic N) is 1. The van der Waals surface area contributed by atoms with Crippen molar-refractivity contribution in [2.75, 3.05) is 5.32 Å². The molecule has 0 saturated heterocycles. The third-order valence-electron chi connectivity index (χ3n) is 3.12. The molecule has 3 rings (SSSR count). The normalized spacial score (nSPS) is 10.5. The van der Waals surface area contributed by atoms with Crippen molar-refractivity contribution >= 4 is 17.0 Å². The quantitative estimate of drug-likeness (QED) is 0.756. The number of rotatable bonds is 4. The first-order chi connectivity index (χ1) is 10.2. The molecule has 0 fully saturated rings. The number of thiazole rings is 1. The second-order valence-electron chi connectivity index (χ2n) is 4.52. The summed E-state index contributed by atoms with van der Waals surface area (Å²) in [6.45, 7) is 0.361. The largest absolute Gasteiger partial charge is 0.505 e. The number of phenols is 1. The van der Waals surface area contributed by atoms with Crippen LogP contribution < -0.4 is 5.32 Å². The van der Waals surface area contributed by atoms with Crippen LogP contribution in [-0.4, -0.2) is 10.1 Å². The molecule has 2 N–H and O–H groups in total. The summed E-state index contributed by atoms with van der Waals surface area (Å²) in [5.41, 5.74) is 2.49. The first-order valence-corrected chi connectivity index (χ1v) is 7.32. The van der Waals surface area contributed by atoms with Crippen molar-refractivity contribution in [3.8, 4) is 16.3 Å². The Kier molecular flexibility index (Phi) is 3.83. The van der Waals surface area contributed by atoms with E-state index in [-0.39, 0.29) is 5.75 Å². The second kappa shape index (κ2) is 5.93. The summed E-state index contributed by atoms with van der Waals surface area (Å²) in [4.78, 5) is 4.25. The molecule has 3 nitrogen and oxygen atoms in total. The lowest BCUT2D eigenvalue weighted by molar-refractivity contribution is 0.427. The zero-order valence-corrected chi connectivity index (χ0v) is 11.9. The Labute approximate surface area is 125 Å². The van der Waals surface area contributed by atoms with Gasteiger partial charge in [-0.2, -0.15) is 0 Å². The number of phenolic OH excluding ortho intramolecular Hbond substituents is 1. The molecule has 0 radical (unpaired) electrons. The van der Waals surface area contributed by atoms with Gasteiger partial charge in [-0.3, -0.25) is 0 Å². The molecule has 0 aliphatic heterocycles. The van der Waals surface area contributed by atoms with Crippen LogP contribution in [0.4, 0.5) is 10.1 Å². The van der Waals surface area contributed by atoms with Gasteiger partial charge < -0.3 is 10.4 Å². The van der Waals surface area contributed by atoms with Gasteiger partial charge in [0, 0.05) is 34.9 Å². The standard InChI is InChI=1S/C16H13FN2OS/c17-14-3-1-2-12(15(14)20)10-19-13-6-4-11(5-7-13)16-18-8-9-21-16/h1-9,19-20H,10H2. The topological polar surface area (TPSA) is 45.1 Å². The van der Waals surface area contributed by atoms with E-state index in [9.17, 15) is 9.50 Å². The molecule has 0 saturated carbocycles. The summed E-state index contributed by atoms with van der Waals surface area (Å²) >= 11 is 1.59. The van der Waals surface area contributed by atoms with Gasteiger partial charge in [0.2, 0.25) is 0 Å². The number of benzene rings is 2. The van der Waals surface area contributed by atoms with E-state index in [1.165, 1.54) is 6.07 Å². The van der Waals surface area contributed by atoms with Gasteiger partial charge in [-0.15, -0.1) is 11.3 Å². The molecule has 106 valence electrons. The minimum absolute atomic E-state index is 0.301. The first kappa shape index (κ1) is 13.6. The Morgan fingerprint density at radius 3 is 2.67 bits per heavy atom. The highest BCUT2D eigenvalue weighted by Crippen LogP contribution is 2.25. The number of para-hydroxylation sites is 1. The minimum atomic E-state index is -0.603. The van der Waals surface area contributed by atoms with Crippen LogP contribution in [0.1, 0.15) is 5.56 Å². The highest BCUT2D eigenvalue weighted by Gasteiger charge is 2.06. The molecule has 0 bridgehead atoms. The van der Waals surface area contributed by atoms with Crippen molar-refractivity contribution in [3.63, 3.8) is 0 Å². The summed E-state index contributed by atoms with van der Waals surface area (Å²) < 4.78 is 13.2. The maximum atomic E-state index is 13.2. The molecule has 3 aromatic rings. The molecule has 5 heteroatoms. The van der Waals surface area contributed by atoms with Crippen molar-refractivity contribution in [1.29, 1.82) is 0 Å². The lowest BCUT2D eigenvalue weighted by Crippen LogP contribution is -2.00. The summed E-state index contributed by atoms with van der Waals surface area (Å²) in [5, 5.41) is 15.7. The molecular weight excluding hydrogens is 287 g/mol. The molecular formula is C16H13FN2OS. The van der Waals surface area contributed by atoms with Crippen molar-refractivity contribution in [2.45, 2.75) is 6.54 Å². The molecule has 0 spiro atoms. The van der Waals surface area contributed by atoms with E-state index < -0.39 is 5.82 Å². The van der Waals surface area contributed by atoms with E-state index in [2.05, 4.69) is 10.3 Å². The minimum Gasteiger partial charge on any atom is -0.505 e. The number of hydrogen-bond donors (Lipinski definition) is 2. The van der Waals surface area contributed by atoms with Crippen molar-refractivity contribution in [1.82, 2.24) is 4.98 Å². The predicted molar refractivity (Wildman–Crippen MR) is 82.9 cm³/mol. The zero-order chi connectivity index (χ0) is 14.7. The molecule has 0 unspecified atom stereocenters. The number of hydrogen-bond acceptors (Lipinski definition) is 4. The average molecular weight is 300 g/mol. The fourth-order valence-corrected chi connectivity index (χ4v) is 2.64. The third-order valence-corrected chi connectivity index (χ3v) is 3.94. The maximum absolute atomic E-state index is 13.2. The van der Waals surface area contributed by atoms with Crippen LogP contribution >= 0.6 is 11.3 Å². The zero-order valence-electron chi connectivity index (χ0n) is 11.1. The van der Waals surface area contributed by atoms with E-state index in [0.717, 1.165) is 16.3 Å². The van der Waals surface area contributed by atoms with Crippen molar-refractivity contribution < 1.29 is 9.50 Å². The molecule has 0 amide bonds. The second-order valence-corrected chi connectivity index (χ2v) is 5.41. The van der Waals surface area contributed by atoms with Gasteiger partial charge in [-0.05, 0) is 30.3 Å². The van der Waals surface area contributed by atoms with Crippen LogP contribution in [-0.2, 0) is 6.54 Å². The lowest BCUT2D eigenvalue weighted by Gasteiger charge is -2.09. The fraction of sp³-hybridized carbons (Fsp3) is 0.0625.